The van der Waals surface area contributed by atoms with Gasteiger partial charge < -0.3 is 15.4 Å². The van der Waals surface area contributed by atoms with Crippen molar-refractivity contribution in [1.82, 2.24) is 10.6 Å². The van der Waals surface area contributed by atoms with Crippen LogP contribution in [0, 0.1) is 5.92 Å². The average Bonchev–Trinajstić information content (AvgIpc) is 3.31. The number of aliphatic imine (C=N–C) groups is 1. The van der Waals surface area contributed by atoms with Crippen LogP contribution in [-0.4, -0.2) is 32.8 Å². The van der Waals surface area contributed by atoms with Crippen molar-refractivity contribution in [3.05, 3.63) is 34.9 Å². The summed E-state index contributed by atoms with van der Waals surface area (Å²) in [5.41, 5.74) is 1.06. The molecule has 1 aliphatic rings. The predicted molar refractivity (Wildman–Crippen MR) is 103 cm³/mol. The van der Waals surface area contributed by atoms with Crippen molar-refractivity contribution in [2.75, 3.05) is 26.8 Å². The number of nitrogens with one attached hydrogen (secondary N) is 2. The molecule has 124 valence electrons. The molecule has 0 saturated heterocycles. The van der Waals surface area contributed by atoms with Gasteiger partial charge >= 0.3 is 0 Å². The molecule has 0 heterocycles. The molecular weight excluding hydrogens is 413 g/mol. The maximum atomic E-state index is 6.13. The SMILES string of the molecule is CN=C(NCCCOCC1CC1)NCc1ccccc1Cl.I. The van der Waals surface area contributed by atoms with Crippen molar-refractivity contribution < 1.29 is 4.74 Å². The fourth-order valence-corrected chi connectivity index (χ4v) is 2.16. The number of nitrogens with zero attached hydrogens (tertiary/aromatic N) is 1. The number of guanidine groups is 1. The summed E-state index contributed by atoms with van der Waals surface area (Å²) in [5, 5.41) is 7.31. The zero-order valence-corrected chi connectivity index (χ0v) is 16.1. The average molecular weight is 438 g/mol. The second kappa shape index (κ2) is 11.1. The lowest BCUT2D eigenvalue weighted by Crippen LogP contribution is -2.37. The number of hydrogen-bond acceptors (Lipinski definition) is 2. The zero-order chi connectivity index (χ0) is 14.9. The van der Waals surface area contributed by atoms with Gasteiger partial charge in [-0.25, -0.2) is 0 Å². The van der Waals surface area contributed by atoms with Crippen molar-refractivity contribution in [3.63, 3.8) is 0 Å². The Morgan fingerprint density at radius 1 is 1.32 bits per heavy atom. The first-order valence-electron chi connectivity index (χ1n) is 7.55. The fourth-order valence-electron chi connectivity index (χ4n) is 1.96. The van der Waals surface area contributed by atoms with Crippen LogP contribution in [0.1, 0.15) is 24.8 Å². The van der Waals surface area contributed by atoms with Crippen LogP contribution in [0.25, 0.3) is 0 Å². The molecule has 0 atom stereocenters. The van der Waals surface area contributed by atoms with Gasteiger partial charge in [0.1, 0.15) is 0 Å². The van der Waals surface area contributed by atoms with E-state index in [4.69, 9.17) is 16.3 Å². The third-order valence-electron chi connectivity index (χ3n) is 3.44. The van der Waals surface area contributed by atoms with Gasteiger partial charge in [-0.3, -0.25) is 4.99 Å². The number of halogens is 2. The Labute approximate surface area is 155 Å². The second-order valence-electron chi connectivity index (χ2n) is 5.32. The van der Waals surface area contributed by atoms with Crippen molar-refractivity contribution >= 4 is 41.5 Å². The highest BCUT2D eigenvalue weighted by Gasteiger charge is 2.20. The molecule has 2 rings (SSSR count). The number of rotatable bonds is 8. The molecule has 1 aromatic carbocycles. The topological polar surface area (TPSA) is 45.7 Å². The first-order valence-corrected chi connectivity index (χ1v) is 7.93. The van der Waals surface area contributed by atoms with Crippen LogP contribution in [0.4, 0.5) is 0 Å². The summed E-state index contributed by atoms with van der Waals surface area (Å²) in [4.78, 5) is 4.20. The van der Waals surface area contributed by atoms with Crippen LogP contribution in [0.15, 0.2) is 29.3 Å². The maximum absolute atomic E-state index is 6.13. The lowest BCUT2D eigenvalue weighted by Gasteiger charge is -2.12. The van der Waals surface area contributed by atoms with E-state index in [9.17, 15) is 0 Å². The van der Waals surface area contributed by atoms with Crippen molar-refractivity contribution in [3.8, 4) is 0 Å². The van der Waals surface area contributed by atoms with Crippen LogP contribution in [0.5, 0.6) is 0 Å². The summed E-state index contributed by atoms with van der Waals surface area (Å²) >= 11 is 6.13. The predicted octanol–water partition coefficient (Wildman–Crippen LogP) is 3.44. The zero-order valence-electron chi connectivity index (χ0n) is 13.0. The minimum Gasteiger partial charge on any atom is -0.381 e. The largest absolute Gasteiger partial charge is 0.381 e. The maximum Gasteiger partial charge on any atom is 0.191 e. The summed E-state index contributed by atoms with van der Waals surface area (Å²) in [6, 6.07) is 7.82. The third kappa shape index (κ3) is 7.65. The smallest absolute Gasteiger partial charge is 0.191 e. The molecule has 0 aliphatic heterocycles. The van der Waals surface area contributed by atoms with Crippen LogP contribution in [-0.2, 0) is 11.3 Å². The van der Waals surface area contributed by atoms with Crippen LogP contribution in [0.2, 0.25) is 5.02 Å². The quantitative estimate of drug-likeness (QED) is 0.283. The Balaban J connectivity index is 0.00000242. The van der Waals surface area contributed by atoms with E-state index in [-0.39, 0.29) is 24.0 Å². The van der Waals surface area contributed by atoms with Crippen LogP contribution < -0.4 is 10.6 Å². The van der Waals surface area contributed by atoms with Crippen molar-refractivity contribution in [1.29, 1.82) is 0 Å². The Morgan fingerprint density at radius 2 is 2.09 bits per heavy atom. The molecule has 0 bridgehead atoms. The summed E-state index contributed by atoms with van der Waals surface area (Å²) < 4.78 is 5.60. The fraction of sp³-hybridized carbons (Fsp3) is 0.562. The summed E-state index contributed by atoms with van der Waals surface area (Å²) in [7, 11) is 1.77. The third-order valence-corrected chi connectivity index (χ3v) is 3.80. The van der Waals surface area contributed by atoms with Gasteiger partial charge in [-0.1, -0.05) is 29.8 Å². The summed E-state index contributed by atoms with van der Waals surface area (Å²) in [5.74, 6) is 1.63. The summed E-state index contributed by atoms with van der Waals surface area (Å²) in [6.07, 6.45) is 3.67. The minimum absolute atomic E-state index is 0. The van der Waals surface area contributed by atoms with Crippen molar-refractivity contribution in [2.45, 2.75) is 25.8 Å². The monoisotopic (exact) mass is 437 g/mol. The summed E-state index contributed by atoms with van der Waals surface area (Å²) in [6.45, 7) is 3.26. The lowest BCUT2D eigenvalue weighted by atomic mass is 10.2. The Hall–Kier alpha value is -0.530. The van der Waals surface area contributed by atoms with Gasteiger partial charge in [0.15, 0.2) is 5.96 Å². The Bertz CT molecular complexity index is 466. The molecule has 22 heavy (non-hydrogen) atoms. The first-order chi connectivity index (χ1) is 10.3. The highest BCUT2D eigenvalue weighted by atomic mass is 127. The van der Waals surface area contributed by atoms with Gasteiger partial charge in [-0.2, -0.15) is 0 Å². The van der Waals surface area contributed by atoms with E-state index in [1.165, 1.54) is 12.8 Å². The molecule has 0 spiro atoms. The number of ether oxygens (including phenoxy) is 1. The van der Waals surface area contributed by atoms with E-state index in [0.29, 0.717) is 6.54 Å². The molecule has 1 saturated carbocycles. The molecule has 1 aliphatic carbocycles. The van der Waals surface area contributed by atoms with Gasteiger partial charge in [-0.05, 0) is 36.8 Å². The highest BCUT2D eigenvalue weighted by molar-refractivity contribution is 14.0. The van der Waals surface area contributed by atoms with E-state index in [2.05, 4.69) is 15.6 Å². The molecule has 0 amide bonds. The van der Waals surface area contributed by atoms with Crippen molar-refractivity contribution in [2.24, 2.45) is 10.9 Å². The minimum atomic E-state index is 0. The molecule has 0 unspecified atom stereocenters. The second-order valence-corrected chi connectivity index (χ2v) is 5.72. The molecule has 4 nitrogen and oxygen atoms in total. The molecule has 1 aromatic rings. The molecule has 1 fully saturated rings. The number of hydrogen-bond donors (Lipinski definition) is 2. The van der Waals surface area contributed by atoms with Gasteiger partial charge in [-0.15, -0.1) is 24.0 Å². The van der Waals surface area contributed by atoms with E-state index >= 15 is 0 Å². The van der Waals surface area contributed by atoms with Crippen LogP contribution in [0.3, 0.4) is 0 Å². The van der Waals surface area contributed by atoms with Gasteiger partial charge in [0.2, 0.25) is 0 Å². The lowest BCUT2D eigenvalue weighted by molar-refractivity contribution is 0.123. The number of benzene rings is 1. The van der Waals surface area contributed by atoms with E-state index < -0.39 is 0 Å². The molecule has 0 aromatic heterocycles. The normalized spacial score (nSPS) is 14.4. The molecular formula is C16H25ClIN3O. The van der Waals surface area contributed by atoms with E-state index in [1.54, 1.807) is 7.05 Å². The molecule has 2 N–H and O–H groups in total. The van der Waals surface area contributed by atoms with Gasteiger partial charge in [0.05, 0.1) is 0 Å². The first kappa shape index (κ1) is 19.5. The molecule has 6 heteroatoms. The molecule has 0 radical (unpaired) electrons. The van der Waals surface area contributed by atoms with Gasteiger partial charge in [0, 0.05) is 38.4 Å². The van der Waals surface area contributed by atoms with E-state index in [1.807, 2.05) is 24.3 Å². The Morgan fingerprint density at radius 3 is 2.77 bits per heavy atom. The Kier molecular flexibility index (Phi) is 9.82. The van der Waals surface area contributed by atoms with Crippen LogP contribution >= 0.6 is 35.6 Å². The van der Waals surface area contributed by atoms with Gasteiger partial charge in [0.25, 0.3) is 0 Å². The highest BCUT2D eigenvalue weighted by Crippen LogP contribution is 2.28. The standard InChI is InChI=1S/C16H24ClN3O.HI/c1-18-16(19-9-4-10-21-12-13-7-8-13)20-11-14-5-2-3-6-15(14)17;/h2-3,5-6,13H,4,7-12H2,1H3,(H2,18,19,20);1H. The van der Waals surface area contributed by atoms with E-state index in [0.717, 1.165) is 48.6 Å².